The zero-order chi connectivity index (χ0) is 25.3. The summed E-state index contributed by atoms with van der Waals surface area (Å²) in [7, 11) is 0. The van der Waals surface area contributed by atoms with Crippen LogP contribution >= 0.6 is 0 Å². The molecule has 0 heterocycles. The van der Waals surface area contributed by atoms with E-state index >= 15 is 0 Å². The Hall–Kier alpha value is -2.92. The fourth-order valence-electron chi connectivity index (χ4n) is 7.55. The van der Waals surface area contributed by atoms with Crippen molar-refractivity contribution in [3.8, 4) is 0 Å². The molecule has 0 amide bonds. The summed E-state index contributed by atoms with van der Waals surface area (Å²) >= 11 is 0. The molecular formula is C31H36O5. The van der Waals surface area contributed by atoms with E-state index in [9.17, 15) is 14.7 Å². The van der Waals surface area contributed by atoms with Gasteiger partial charge in [0.1, 0.15) is 6.61 Å². The molecule has 0 unspecified atom stereocenters. The smallest absolute Gasteiger partial charge is 0.335 e. The number of hydrogen-bond donors (Lipinski definition) is 2. The molecule has 4 aliphatic carbocycles. The summed E-state index contributed by atoms with van der Waals surface area (Å²) in [6.45, 7) is 2.35. The van der Waals surface area contributed by atoms with E-state index in [-0.39, 0.29) is 12.0 Å². The SMILES string of the molecule is C/C(=C\c1ccc(C(=O)O)cc1)c1ccc(CCCOCC(=O)O)c(C23CC4CC(CC(C4)C2)C3)c1. The van der Waals surface area contributed by atoms with Gasteiger partial charge in [-0.05, 0) is 121 Å². The van der Waals surface area contributed by atoms with Crippen LogP contribution in [0.3, 0.4) is 0 Å². The number of carbonyl (C=O) groups is 2. The van der Waals surface area contributed by atoms with Crippen LogP contribution in [0.2, 0.25) is 0 Å². The maximum atomic E-state index is 11.2. The monoisotopic (exact) mass is 488 g/mol. The van der Waals surface area contributed by atoms with Crippen LogP contribution in [0, 0.1) is 17.8 Å². The predicted octanol–water partition coefficient (Wildman–Crippen LogP) is 6.45. The number of benzene rings is 2. The summed E-state index contributed by atoms with van der Waals surface area (Å²) in [6.07, 6.45) is 11.9. The van der Waals surface area contributed by atoms with Crippen molar-refractivity contribution in [3.63, 3.8) is 0 Å². The molecule has 0 aliphatic heterocycles. The van der Waals surface area contributed by atoms with Gasteiger partial charge in [-0.1, -0.05) is 36.4 Å². The first-order chi connectivity index (χ1) is 17.3. The van der Waals surface area contributed by atoms with Crippen LogP contribution in [0.15, 0.2) is 42.5 Å². The average molecular weight is 489 g/mol. The van der Waals surface area contributed by atoms with Crippen molar-refractivity contribution in [2.75, 3.05) is 13.2 Å². The zero-order valence-electron chi connectivity index (χ0n) is 21.0. The minimum absolute atomic E-state index is 0.238. The van der Waals surface area contributed by atoms with Crippen LogP contribution < -0.4 is 0 Å². The second-order valence-electron chi connectivity index (χ2n) is 11.4. The number of aryl methyl sites for hydroxylation is 1. The van der Waals surface area contributed by atoms with Gasteiger partial charge >= 0.3 is 11.9 Å². The minimum atomic E-state index is -0.923. The maximum absolute atomic E-state index is 11.2. The van der Waals surface area contributed by atoms with Crippen molar-refractivity contribution >= 4 is 23.6 Å². The number of ether oxygens (including phenoxy) is 1. The van der Waals surface area contributed by atoms with Crippen LogP contribution in [-0.4, -0.2) is 35.4 Å². The van der Waals surface area contributed by atoms with Crippen molar-refractivity contribution in [3.05, 3.63) is 70.3 Å². The molecule has 4 aliphatic rings. The number of aromatic carboxylic acids is 1. The van der Waals surface area contributed by atoms with Gasteiger partial charge in [-0.15, -0.1) is 0 Å². The van der Waals surface area contributed by atoms with Gasteiger partial charge in [-0.3, -0.25) is 0 Å². The lowest BCUT2D eigenvalue weighted by Crippen LogP contribution is -2.49. The maximum Gasteiger partial charge on any atom is 0.335 e. The molecule has 0 radical (unpaired) electrons. The Balaban J connectivity index is 1.43. The number of allylic oxidation sites excluding steroid dienone is 1. The fraction of sp³-hybridized carbons (Fsp3) is 0.484. The normalized spacial score (nSPS) is 26.8. The number of hydrogen-bond acceptors (Lipinski definition) is 3. The van der Waals surface area contributed by atoms with E-state index in [0.29, 0.717) is 12.2 Å². The highest BCUT2D eigenvalue weighted by Crippen LogP contribution is 2.61. The lowest BCUT2D eigenvalue weighted by atomic mass is 9.47. The molecule has 2 N–H and O–H groups in total. The Morgan fingerprint density at radius 2 is 1.56 bits per heavy atom. The molecular weight excluding hydrogens is 452 g/mol. The highest BCUT2D eigenvalue weighted by molar-refractivity contribution is 5.88. The van der Waals surface area contributed by atoms with Gasteiger partial charge < -0.3 is 14.9 Å². The highest BCUT2D eigenvalue weighted by atomic mass is 16.5. The molecule has 36 heavy (non-hydrogen) atoms. The largest absolute Gasteiger partial charge is 0.480 e. The molecule has 0 saturated heterocycles. The molecule has 4 saturated carbocycles. The lowest BCUT2D eigenvalue weighted by Gasteiger charge is -2.57. The van der Waals surface area contributed by atoms with E-state index in [1.165, 1.54) is 60.8 Å². The Kier molecular flexibility index (Phi) is 7.03. The van der Waals surface area contributed by atoms with E-state index < -0.39 is 11.9 Å². The summed E-state index contributed by atoms with van der Waals surface area (Å²) < 4.78 is 5.31. The molecule has 4 bridgehead atoms. The van der Waals surface area contributed by atoms with Crippen molar-refractivity contribution in [1.29, 1.82) is 0 Å². The molecule has 190 valence electrons. The highest BCUT2D eigenvalue weighted by Gasteiger charge is 2.52. The molecule has 2 aromatic carbocycles. The molecule has 5 nitrogen and oxygen atoms in total. The van der Waals surface area contributed by atoms with E-state index in [2.05, 4.69) is 31.2 Å². The topological polar surface area (TPSA) is 83.8 Å². The van der Waals surface area contributed by atoms with Crippen LogP contribution in [0.5, 0.6) is 0 Å². The number of rotatable bonds is 10. The number of aliphatic carboxylic acids is 1. The third-order valence-electron chi connectivity index (χ3n) is 8.68. The Labute approximate surface area is 213 Å². The third kappa shape index (κ3) is 5.27. The van der Waals surface area contributed by atoms with Gasteiger partial charge in [0.15, 0.2) is 0 Å². The third-order valence-corrected chi connectivity index (χ3v) is 8.68. The Bertz CT molecular complexity index is 1120. The van der Waals surface area contributed by atoms with Crippen LogP contribution in [0.1, 0.15) is 84.5 Å². The molecule has 6 rings (SSSR count). The van der Waals surface area contributed by atoms with E-state index in [0.717, 1.165) is 36.2 Å². The van der Waals surface area contributed by atoms with Crippen molar-refractivity contribution < 1.29 is 24.5 Å². The van der Waals surface area contributed by atoms with Crippen molar-refractivity contribution in [2.45, 2.75) is 63.7 Å². The molecule has 5 heteroatoms. The second kappa shape index (κ2) is 10.2. The van der Waals surface area contributed by atoms with Gasteiger partial charge in [0, 0.05) is 6.61 Å². The fourth-order valence-corrected chi connectivity index (χ4v) is 7.55. The zero-order valence-corrected chi connectivity index (χ0v) is 21.0. The summed E-state index contributed by atoms with van der Waals surface area (Å²) in [5, 5.41) is 18.0. The second-order valence-corrected chi connectivity index (χ2v) is 11.4. The van der Waals surface area contributed by atoms with Gasteiger partial charge in [0.05, 0.1) is 5.56 Å². The van der Waals surface area contributed by atoms with E-state index in [1.807, 2.05) is 12.1 Å². The van der Waals surface area contributed by atoms with Gasteiger partial charge in [-0.2, -0.15) is 0 Å². The molecule has 0 aromatic heterocycles. The minimum Gasteiger partial charge on any atom is -0.480 e. The summed E-state index contributed by atoms with van der Waals surface area (Å²) in [6, 6.07) is 13.9. The summed E-state index contributed by atoms with van der Waals surface area (Å²) in [4.78, 5) is 21.9. The Morgan fingerprint density at radius 3 is 2.14 bits per heavy atom. The molecule has 4 fully saturated rings. The summed E-state index contributed by atoms with van der Waals surface area (Å²) in [5.41, 5.74) is 6.84. The molecule has 0 spiro atoms. The van der Waals surface area contributed by atoms with Gasteiger partial charge in [0.2, 0.25) is 0 Å². The average Bonchev–Trinajstić information content (AvgIpc) is 2.83. The van der Waals surface area contributed by atoms with E-state index in [4.69, 9.17) is 9.84 Å². The molecule has 0 atom stereocenters. The standard InChI is InChI=1S/C31H36O5/c1-20(11-21-4-6-26(7-5-21)30(34)35)27-9-8-25(3-2-10-36-19-29(32)33)28(15-27)31-16-22-12-23(17-31)14-24(13-22)18-31/h4-9,11,15,22-24H,2-3,10,12-14,16-19H2,1H3,(H,32,33)(H,34,35)/b20-11+. The van der Waals surface area contributed by atoms with Crippen molar-refractivity contribution in [1.82, 2.24) is 0 Å². The van der Waals surface area contributed by atoms with E-state index in [1.54, 1.807) is 12.1 Å². The first kappa shape index (κ1) is 24.8. The number of carboxylic acid groups (broad SMARTS) is 2. The van der Waals surface area contributed by atoms with Crippen LogP contribution in [0.4, 0.5) is 0 Å². The summed E-state index contributed by atoms with van der Waals surface area (Å²) in [5.74, 6) is 0.739. The lowest BCUT2D eigenvalue weighted by molar-refractivity contribution is -0.142. The van der Waals surface area contributed by atoms with Crippen LogP contribution in [0.25, 0.3) is 11.6 Å². The van der Waals surface area contributed by atoms with Gasteiger partial charge in [0.25, 0.3) is 0 Å². The number of carboxylic acids is 2. The van der Waals surface area contributed by atoms with Crippen LogP contribution in [-0.2, 0) is 21.4 Å². The quantitative estimate of drug-likeness (QED) is 0.297. The molecule has 2 aromatic rings. The first-order valence-electron chi connectivity index (χ1n) is 13.3. The first-order valence-corrected chi connectivity index (χ1v) is 13.3. The predicted molar refractivity (Wildman–Crippen MR) is 140 cm³/mol. The van der Waals surface area contributed by atoms with Crippen molar-refractivity contribution in [2.24, 2.45) is 17.8 Å². The van der Waals surface area contributed by atoms with Gasteiger partial charge in [-0.25, -0.2) is 9.59 Å². The Morgan fingerprint density at radius 1 is 0.944 bits per heavy atom.